The van der Waals surface area contributed by atoms with Crippen LogP contribution in [0.1, 0.15) is 38.4 Å². The lowest BCUT2D eigenvalue weighted by Gasteiger charge is -2.46. The SMILES string of the molecule is COc1cc(-c2oc3cc(O)cc(O)c3c(=O)c2[C@@H]2O[C@H](COC(=O)C[C@@](C)(O)CC(=O)O)[C@@H](O)[C@H](O)[C@H]2O[C@@H]2O[C@@H](C)[C@H](O)[C@@H](O)[C@H]2O)ccc1O. The lowest BCUT2D eigenvalue weighted by Crippen LogP contribution is -2.62. The number of methoxy groups -OCH3 is 1. The Bertz CT molecular complexity index is 1890. The Morgan fingerprint density at radius 1 is 0.887 bits per heavy atom. The molecule has 290 valence electrons. The van der Waals surface area contributed by atoms with Crippen LogP contribution in [0, 0.1) is 0 Å². The molecule has 5 rings (SSSR count). The van der Waals surface area contributed by atoms with Gasteiger partial charge in [-0.05, 0) is 32.0 Å². The summed E-state index contributed by atoms with van der Waals surface area (Å²) in [6, 6.07) is 5.62. The van der Waals surface area contributed by atoms with Gasteiger partial charge in [-0.25, -0.2) is 0 Å². The van der Waals surface area contributed by atoms with Crippen LogP contribution in [0.4, 0.5) is 0 Å². The van der Waals surface area contributed by atoms with Crippen LogP contribution in [0.2, 0.25) is 0 Å². The summed E-state index contributed by atoms with van der Waals surface area (Å²) >= 11 is 0. The van der Waals surface area contributed by atoms with Gasteiger partial charge in [-0.15, -0.1) is 0 Å². The third-order valence-electron chi connectivity index (χ3n) is 8.97. The minimum absolute atomic E-state index is 0.0317. The third kappa shape index (κ3) is 8.17. The predicted octanol–water partition coefficient (Wildman–Crippen LogP) is -0.881. The van der Waals surface area contributed by atoms with Gasteiger partial charge in [0.15, 0.2) is 17.8 Å². The zero-order valence-corrected chi connectivity index (χ0v) is 28.4. The molecule has 2 aliphatic rings. The smallest absolute Gasteiger partial charge is 0.308 e. The van der Waals surface area contributed by atoms with Crippen molar-refractivity contribution in [3.8, 4) is 34.3 Å². The molecule has 10 N–H and O–H groups in total. The van der Waals surface area contributed by atoms with E-state index in [1.165, 1.54) is 32.2 Å². The number of carbonyl (C=O) groups excluding carboxylic acids is 1. The second-order valence-corrected chi connectivity index (χ2v) is 13.2. The Morgan fingerprint density at radius 3 is 2.25 bits per heavy atom. The Labute approximate surface area is 299 Å². The van der Waals surface area contributed by atoms with Crippen molar-refractivity contribution in [2.75, 3.05) is 13.7 Å². The van der Waals surface area contributed by atoms with E-state index in [1.54, 1.807) is 0 Å². The lowest BCUT2D eigenvalue weighted by atomic mass is 9.88. The van der Waals surface area contributed by atoms with Crippen LogP contribution in [0.3, 0.4) is 0 Å². The molecule has 0 amide bonds. The van der Waals surface area contributed by atoms with E-state index in [2.05, 4.69) is 0 Å². The van der Waals surface area contributed by atoms with Crippen molar-refractivity contribution in [1.29, 1.82) is 0 Å². The first-order valence-electron chi connectivity index (χ1n) is 16.2. The average molecular weight is 753 g/mol. The van der Waals surface area contributed by atoms with Crippen LogP contribution < -0.4 is 10.2 Å². The molecule has 11 atom stereocenters. The standard InChI is InChI=1S/C34H40O19/c1-12-24(41)27(44)29(46)33(50-12)53-32-28(45)25(42)19(11-49-21(40)10-34(2,47)9-20(38)39)52-31(32)23-26(43)22-16(37)7-14(35)8-18(22)51-30(23)13-4-5-15(36)17(6-13)48-3/h4-8,12,19,24-25,27-29,31-33,35-37,41-42,44-47H,9-11H2,1-3H3,(H,38,39)/t12-,19+,24-,25+,27+,28-,29+,31-,32+,33-,34-/m0/s1. The summed E-state index contributed by atoms with van der Waals surface area (Å²) < 4.78 is 34.0. The average Bonchev–Trinajstić information content (AvgIpc) is 3.07. The molecule has 0 radical (unpaired) electrons. The van der Waals surface area contributed by atoms with Crippen LogP contribution in [-0.4, -0.2) is 137 Å². The van der Waals surface area contributed by atoms with E-state index in [1.807, 2.05) is 0 Å². The number of esters is 1. The Hall–Kier alpha value is -4.57. The molecule has 2 saturated heterocycles. The number of aliphatic carboxylic acids is 1. The Kier molecular flexibility index (Phi) is 11.5. The van der Waals surface area contributed by atoms with Crippen molar-refractivity contribution in [1.82, 2.24) is 0 Å². The molecular formula is C34H40O19. The molecule has 0 aliphatic carbocycles. The van der Waals surface area contributed by atoms with Gasteiger partial charge in [0.05, 0.1) is 37.2 Å². The highest BCUT2D eigenvalue weighted by Gasteiger charge is 2.52. The first-order valence-corrected chi connectivity index (χ1v) is 16.2. The third-order valence-corrected chi connectivity index (χ3v) is 8.97. The first kappa shape index (κ1) is 39.6. The minimum atomic E-state index is -2.08. The molecule has 3 heterocycles. The monoisotopic (exact) mass is 752 g/mol. The number of hydrogen-bond donors (Lipinski definition) is 10. The number of benzene rings is 2. The maximum atomic E-state index is 14.5. The molecule has 0 unspecified atom stereocenters. The molecule has 19 nitrogen and oxygen atoms in total. The Morgan fingerprint density at radius 2 is 1.58 bits per heavy atom. The summed E-state index contributed by atoms with van der Waals surface area (Å²) in [6.07, 6.45) is -19.4. The summed E-state index contributed by atoms with van der Waals surface area (Å²) in [4.78, 5) is 38.2. The van der Waals surface area contributed by atoms with Crippen LogP contribution in [0.25, 0.3) is 22.3 Å². The van der Waals surface area contributed by atoms with Crippen molar-refractivity contribution in [2.24, 2.45) is 0 Å². The number of ether oxygens (including phenoxy) is 5. The van der Waals surface area contributed by atoms with E-state index >= 15 is 0 Å². The van der Waals surface area contributed by atoms with Gasteiger partial charge in [0.25, 0.3) is 0 Å². The molecule has 2 aliphatic heterocycles. The highest BCUT2D eigenvalue weighted by Crippen LogP contribution is 2.43. The van der Waals surface area contributed by atoms with Crippen molar-refractivity contribution in [3.63, 3.8) is 0 Å². The number of carboxylic acids is 1. The molecule has 19 heteroatoms. The van der Waals surface area contributed by atoms with Crippen molar-refractivity contribution in [3.05, 3.63) is 46.1 Å². The fourth-order valence-electron chi connectivity index (χ4n) is 6.26. The van der Waals surface area contributed by atoms with Gasteiger partial charge in [0.2, 0.25) is 5.43 Å². The zero-order chi connectivity index (χ0) is 39.1. The summed E-state index contributed by atoms with van der Waals surface area (Å²) in [6.45, 7) is 1.60. The van der Waals surface area contributed by atoms with Crippen LogP contribution in [-0.2, 0) is 28.5 Å². The second-order valence-electron chi connectivity index (χ2n) is 13.2. The maximum absolute atomic E-state index is 14.5. The quantitative estimate of drug-likeness (QED) is 0.106. The minimum Gasteiger partial charge on any atom is -0.508 e. The van der Waals surface area contributed by atoms with E-state index in [0.717, 1.165) is 19.1 Å². The number of carboxylic acid groups (broad SMARTS) is 1. The summed E-state index contributed by atoms with van der Waals surface area (Å²) in [7, 11) is 1.24. The number of aliphatic hydroxyl groups excluding tert-OH is 5. The molecular weight excluding hydrogens is 712 g/mol. The van der Waals surface area contributed by atoms with Gasteiger partial charge < -0.3 is 79.2 Å². The fourth-order valence-corrected chi connectivity index (χ4v) is 6.26. The summed E-state index contributed by atoms with van der Waals surface area (Å²) in [5.74, 6) is -4.51. The number of fused-ring (bicyclic) bond motifs is 1. The van der Waals surface area contributed by atoms with E-state index in [-0.39, 0.29) is 28.4 Å². The fraction of sp³-hybridized carbons (Fsp3) is 0.500. The summed E-state index contributed by atoms with van der Waals surface area (Å²) in [5, 5.41) is 104. The van der Waals surface area contributed by atoms with Crippen molar-refractivity contribution in [2.45, 2.75) is 93.5 Å². The number of phenols is 3. The van der Waals surface area contributed by atoms with Gasteiger partial charge in [-0.1, -0.05) is 0 Å². The number of hydrogen-bond acceptors (Lipinski definition) is 18. The molecule has 0 saturated carbocycles. The molecule has 0 spiro atoms. The summed E-state index contributed by atoms with van der Waals surface area (Å²) in [5.41, 5.74) is -3.86. The van der Waals surface area contributed by atoms with E-state index < -0.39 is 126 Å². The van der Waals surface area contributed by atoms with E-state index in [4.69, 9.17) is 33.2 Å². The van der Waals surface area contributed by atoms with Gasteiger partial charge in [-0.2, -0.15) is 0 Å². The van der Waals surface area contributed by atoms with Crippen molar-refractivity contribution >= 4 is 22.9 Å². The second kappa shape index (κ2) is 15.4. The van der Waals surface area contributed by atoms with Gasteiger partial charge in [0.1, 0.15) is 83.7 Å². The van der Waals surface area contributed by atoms with Gasteiger partial charge in [0, 0.05) is 17.7 Å². The van der Waals surface area contributed by atoms with Crippen LogP contribution in [0.15, 0.2) is 39.5 Å². The number of aromatic hydroxyl groups is 3. The molecule has 3 aromatic rings. The van der Waals surface area contributed by atoms with Crippen molar-refractivity contribution < 1.29 is 88.8 Å². The normalized spacial score (nSPS) is 30.1. The molecule has 1 aromatic heterocycles. The number of rotatable bonds is 11. The molecule has 2 fully saturated rings. The van der Waals surface area contributed by atoms with Crippen LogP contribution >= 0.6 is 0 Å². The molecule has 53 heavy (non-hydrogen) atoms. The highest BCUT2D eigenvalue weighted by atomic mass is 16.7. The number of aliphatic hydroxyl groups is 6. The number of carbonyl (C=O) groups is 2. The van der Waals surface area contributed by atoms with E-state index in [9.17, 15) is 60.3 Å². The van der Waals surface area contributed by atoms with Gasteiger partial charge >= 0.3 is 11.9 Å². The largest absolute Gasteiger partial charge is 0.508 e. The maximum Gasteiger partial charge on any atom is 0.308 e. The van der Waals surface area contributed by atoms with Gasteiger partial charge in [-0.3, -0.25) is 14.4 Å². The van der Waals surface area contributed by atoms with E-state index in [0.29, 0.717) is 0 Å². The van der Waals surface area contributed by atoms with Crippen LogP contribution in [0.5, 0.6) is 23.0 Å². The Balaban J connectivity index is 1.64. The zero-order valence-electron chi connectivity index (χ0n) is 28.4. The molecule has 0 bridgehead atoms. The predicted molar refractivity (Wildman–Crippen MR) is 175 cm³/mol. The topological polar surface area (TPSA) is 313 Å². The highest BCUT2D eigenvalue weighted by molar-refractivity contribution is 5.87. The number of phenolic OH excluding ortho intramolecular Hbond substituents is 3. The lowest BCUT2D eigenvalue weighted by molar-refractivity contribution is -0.338. The first-order chi connectivity index (χ1) is 24.8. The molecule has 2 aromatic carbocycles.